The Kier molecular flexibility index (Phi) is 6.80. The van der Waals surface area contributed by atoms with E-state index in [1.54, 1.807) is 35.2 Å². The first-order valence-corrected chi connectivity index (χ1v) is 8.89. The van der Waals surface area contributed by atoms with Gasteiger partial charge in [0.15, 0.2) is 0 Å². The molecule has 1 aliphatic rings. The molecule has 3 rings (SSSR count). The predicted octanol–water partition coefficient (Wildman–Crippen LogP) is 5.02. The second-order valence-electron chi connectivity index (χ2n) is 6.64. The van der Waals surface area contributed by atoms with Gasteiger partial charge < -0.3 is 15.4 Å². The number of nitrogens with zero attached hydrogens (tertiary/aromatic N) is 1. The van der Waals surface area contributed by atoms with Gasteiger partial charge in [-0.2, -0.15) is 0 Å². The molecule has 1 unspecified atom stereocenters. The molecule has 140 valence electrons. The average Bonchev–Trinajstić information content (AvgIpc) is 3.00. The molecular formula is C19H21Cl3N2O2. The van der Waals surface area contributed by atoms with Crippen molar-refractivity contribution < 1.29 is 9.53 Å². The minimum Gasteiger partial charge on any atom is -0.455 e. The lowest BCUT2D eigenvalue weighted by Gasteiger charge is -2.23. The first-order valence-electron chi connectivity index (χ1n) is 8.14. The number of likely N-dealkylation sites (tertiary alicyclic amines) is 1. The summed E-state index contributed by atoms with van der Waals surface area (Å²) in [5.74, 6) is 0.727. The van der Waals surface area contributed by atoms with E-state index in [4.69, 9.17) is 33.7 Å². The van der Waals surface area contributed by atoms with E-state index in [1.165, 1.54) is 0 Å². The van der Waals surface area contributed by atoms with Crippen molar-refractivity contribution in [1.29, 1.82) is 0 Å². The Bertz CT molecular complexity index is 800. The zero-order chi connectivity index (χ0) is 18.0. The Balaban J connectivity index is 0.00000243. The summed E-state index contributed by atoms with van der Waals surface area (Å²) in [6.07, 6.45) is 0.875. The number of nitrogens with two attached hydrogens (primary N) is 1. The summed E-state index contributed by atoms with van der Waals surface area (Å²) in [5.41, 5.74) is 6.14. The summed E-state index contributed by atoms with van der Waals surface area (Å²) in [5, 5.41) is 0.827. The van der Waals surface area contributed by atoms with Crippen molar-refractivity contribution in [3.8, 4) is 11.5 Å². The van der Waals surface area contributed by atoms with Crippen molar-refractivity contribution in [2.75, 3.05) is 19.6 Å². The molecule has 1 atom stereocenters. The van der Waals surface area contributed by atoms with Crippen LogP contribution in [-0.4, -0.2) is 30.4 Å². The number of hydrogen-bond acceptors (Lipinski definition) is 3. The first-order chi connectivity index (χ1) is 11.9. The largest absolute Gasteiger partial charge is 0.455 e. The molecule has 4 nitrogen and oxygen atoms in total. The Morgan fingerprint density at radius 3 is 2.46 bits per heavy atom. The number of rotatable bonds is 4. The molecule has 0 aliphatic carbocycles. The number of halogens is 3. The number of benzene rings is 2. The fraction of sp³-hybridized carbons (Fsp3) is 0.316. The smallest absolute Gasteiger partial charge is 0.259 e. The highest BCUT2D eigenvalue weighted by Crippen LogP contribution is 2.36. The van der Waals surface area contributed by atoms with Crippen LogP contribution in [0.15, 0.2) is 42.5 Å². The zero-order valence-corrected chi connectivity index (χ0v) is 16.7. The molecule has 1 heterocycles. The second-order valence-corrected chi connectivity index (χ2v) is 7.45. The standard InChI is InChI=1S/C19H20Cl2N2O2.ClH/c1-19(11-22)9-10-23(12-19)18(24)17-14(21)6-4-8-16(17)25-15-7-3-2-5-13(15)20;/h2-8H,9-12,22H2,1H3;1H. The van der Waals surface area contributed by atoms with Crippen molar-refractivity contribution in [1.82, 2.24) is 4.90 Å². The third-order valence-corrected chi connectivity index (χ3v) is 5.21. The van der Waals surface area contributed by atoms with Gasteiger partial charge in [0.2, 0.25) is 0 Å². The van der Waals surface area contributed by atoms with E-state index in [-0.39, 0.29) is 23.7 Å². The predicted molar refractivity (Wildman–Crippen MR) is 108 cm³/mol. The minimum absolute atomic E-state index is 0. The molecule has 7 heteroatoms. The summed E-state index contributed by atoms with van der Waals surface area (Å²) in [7, 11) is 0. The highest BCUT2D eigenvalue weighted by atomic mass is 35.5. The molecule has 0 aromatic heterocycles. The zero-order valence-electron chi connectivity index (χ0n) is 14.4. The van der Waals surface area contributed by atoms with Gasteiger partial charge in [0.05, 0.1) is 10.0 Å². The van der Waals surface area contributed by atoms with Crippen LogP contribution >= 0.6 is 35.6 Å². The highest BCUT2D eigenvalue weighted by Gasteiger charge is 2.36. The van der Waals surface area contributed by atoms with E-state index >= 15 is 0 Å². The lowest BCUT2D eigenvalue weighted by atomic mass is 9.90. The Morgan fingerprint density at radius 1 is 1.15 bits per heavy atom. The fourth-order valence-corrected chi connectivity index (χ4v) is 3.39. The summed E-state index contributed by atoms with van der Waals surface area (Å²) in [4.78, 5) is 14.8. The number of carbonyl (C=O) groups excluding carboxylic acids is 1. The number of carbonyl (C=O) groups is 1. The van der Waals surface area contributed by atoms with Crippen LogP contribution in [0.2, 0.25) is 10.0 Å². The van der Waals surface area contributed by atoms with Crippen molar-refractivity contribution in [3.05, 3.63) is 58.1 Å². The van der Waals surface area contributed by atoms with Crippen LogP contribution < -0.4 is 10.5 Å². The summed E-state index contributed by atoms with van der Waals surface area (Å²) < 4.78 is 5.89. The van der Waals surface area contributed by atoms with Gasteiger partial charge in [0.25, 0.3) is 5.91 Å². The van der Waals surface area contributed by atoms with Crippen molar-refractivity contribution in [2.24, 2.45) is 11.1 Å². The van der Waals surface area contributed by atoms with E-state index in [1.807, 2.05) is 12.1 Å². The maximum Gasteiger partial charge on any atom is 0.259 e. The Labute approximate surface area is 169 Å². The van der Waals surface area contributed by atoms with Crippen LogP contribution in [0.3, 0.4) is 0 Å². The number of amides is 1. The third-order valence-electron chi connectivity index (χ3n) is 4.58. The summed E-state index contributed by atoms with van der Waals surface area (Å²) >= 11 is 12.5. The second kappa shape index (κ2) is 8.49. The number of ether oxygens (including phenoxy) is 1. The molecule has 1 saturated heterocycles. The van der Waals surface area contributed by atoms with Gasteiger partial charge >= 0.3 is 0 Å². The van der Waals surface area contributed by atoms with E-state index in [2.05, 4.69) is 6.92 Å². The molecule has 2 aromatic rings. The highest BCUT2D eigenvalue weighted by molar-refractivity contribution is 6.34. The lowest BCUT2D eigenvalue weighted by molar-refractivity contribution is 0.0774. The van der Waals surface area contributed by atoms with Gasteiger partial charge in [0.1, 0.15) is 17.1 Å². The Hall–Kier alpha value is -1.46. The molecular weight excluding hydrogens is 395 g/mol. The lowest BCUT2D eigenvalue weighted by Crippen LogP contribution is -2.34. The molecule has 0 bridgehead atoms. The van der Waals surface area contributed by atoms with Gasteiger partial charge in [-0.3, -0.25) is 4.79 Å². The Morgan fingerprint density at radius 2 is 1.81 bits per heavy atom. The van der Waals surface area contributed by atoms with Gasteiger partial charge in [-0.05, 0) is 42.6 Å². The molecule has 0 spiro atoms. The van der Waals surface area contributed by atoms with E-state index in [0.29, 0.717) is 46.7 Å². The quantitative estimate of drug-likeness (QED) is 0.763. The monoisotopic (exact) mass is 414 g/mol. The molecule has 2 aromatic carbocycles. The van der Waals surface area contributed by atoms with Crippen LogP contribution in [0, 0.1) is 5.41 Å². The van der Waals surface area contributed by atoms with Crippen molar-refractivity contribution in [2.45, 2.75) is 13.3 Å². The maximum atomic E-state index is 13.1. The van der Waals surface area contributed by atoms with E-state index in [0.717, 1.165) is 6.42 Å². The normalized spacial score (nSPS) is 19.2. The summed E-state index contributed by atoms with van der Waals surface area (Å²) in [6, 6.07) is 12.3. The van der Waals surface area contributed by atoms with Crippen LogP contribution in [0.1, 0.15) is 23.7 Å². The van der Waals surface area contributed by atoms with Gasteiger partial charge in [-0.25, -0.2) is 0 Å². The van der Waals surface area contributed by atoms with Crippen molar-refractivity contribution in [3.63, 3.8) is 0 Å². The van der Waals surface area contributed by atoms with Crippen LogP contribution in [0.5, 0.6) is 11.5 Å². The SMILES string of the molecule is CC1(CN)CCN(C(=O)c2c(Cl)cccc2Oc2ccccc2Cl)C1.Cl. The average molecular weight is 416 g/mol. The maximum absolute atomic E-state index is 13.1. The van der Waals surface area contributed by atoms with Crippen LogP contribution in [0.25, 0.3) is 0 Å². The van der Waals surface area contributed by atoms with Gasteiger partial charge in [-0.15, -0.1) is 12.4 Å². The molecule has 1 fully saturated rings. The number of hydrogen-bond donors (Lipinski definition) is 1. The molecule has 1 amide bonds. The first kappa shape index (κ1) is 20.8. The molecule has 26 heavy (non-hydrogen) atoms. The van der Waals surface area contributed by atoms with Crippen LogP contribution in [0.4, 0.5) is 0 Å². The minimum atomic E-state index is -0.148. The molecule has 2 N–H and O–H groups in total. The van der Waals surface area contributed by atoms with Gasteiger partial charge in [-0.1, -0.05) is 48.3 Å². The third kappa shape index (κ3) is 4.26. The molecule has 0 radical (unpaired) electrons. The van der Waals surface area contributed by atoms with Gasteiger partial charge in [0, 0.05) is 13.1 Å². The van der Waals surface area contributed by atoms with E-state index in [9.17, 15) is 4.79 Å². The van der Waals surface area contributed by atoms with E-state index < -0.39 is 0 Å². The summed E-state index contributed by atoms with van der Waals surface area (Å²) in [6.45, 7) is 3.90. The number of para-hydroxylation sites is 1. The fourth-order valence-electron chi connectivity index (χ4n) is 2.96. The molecule has 0 saturated carbocycles. The van der Waals surface area contributed by atoms with Crippen molar-refractivity contribution >= 4 is 41.5 Å². The molecule has 1 aliphatic heterocycles. The topological polar surface area (TPSA) is 55.6 Å². The van der Waals surface area contributed by atoms with Crippen LogP contribution in [-0.2, 0) is 0 Å².